The zero-order valence-corrected chi connectivity index (χ0v) is 15.1. The van der Waals surface area contributed by atoms with Crippen molar-refractivity contribution in [3.8, 4) is 0 Å². The fourth-order valence-electron chi connectivity index (χ4n) is 3.37. The largest absolute Gasteiger partial charge is 0.479 e. The van der Waals surface area contributed by atoms with E-state index in [0.29, 0.717) is 5.75 Å². The van der Waals surface area contributed by atoms with Crippen LogP contribution >= 0.6 is 20.2 Å². The first-order chi connectivity index (χ1) is 10.9. The minimum absolute atomic E-state index is 0.0330. The lowest BCUT2D eigenvalue weighted by molar-refractivity contribution is -0.161. The summed E-state index contributed by atoms with van der Waals surface area (Å²) in [5.41, 5.74) is -2.00. The molecule has 0 amide bonds. The van der Waals surface area contributed by atoms with E-state index in [1.54, 1.807) is 0 Å². The van der Waals surface area contributed by atoms with E-state index < -0.39 is 25.2 Å². The molecule has 0 bridgehead atoms. The van der Waals surface area contributed by atoms with E-state index in [1.165, 1.54) is 18.7 Å². The van der Waals surface area contributed by atoms with E-state index in [4.69, 9.17) is 0 Å². The lowest BCUT2D eigenvalue weighted by atomic mass is 9.72. The topological polar surface area (TPSA) is 74.6 Å². The summed E-state index contributed by atoms with van der Waals surface area (Å²) < 4.78 is 12.2. The predicted molar refractivity (Wildman–Crippen MR) is 93.7 cm³/mol. The quantitative estimate of drug-likeness (QED) is 0.572. The molecule has 3 atom stereocenters. The summed E-state index contributed by atoms with van der Waals surface area (Å²) in [6.45, 7) is 1.31. The van der Waals surface area contributed by atoms with Gasteiger partial charge in [-0.2, -0.15) is 0 Å². The third-order valence-corrected chi connectivity index (χ3v) is 7.88. The molecule has 1 aliphatic carbocycles. The van der Waals surface area contributed by atoms with Crippen LogP contribution in [0.1, 0.15) is 39.0 Å². The standard InChI is InChI=1S/C17H23O4PS/c1-16(20,15(18)19)17(22-21,13-8-4-2-5-9-13)12-23-14-10-6-3-7-11-14/h3,6-7,10-11,13,20H,2,4-5,8-9,12H2,1H3,(H,18,19)/p+1. The van der Waals surface area contributed by atoms with Crippen molar-refractivity contribution in [3.05, 3.63) is 30.3 Å². The summed E-state index contributed by atoms with van der Waals surface area (Å²) >= 11 is 1.47. The first-order valence-electron chi connectivity index (χ1n) is 7.97. The third kappa shape index (κ3) is 3.78. The van der Waals surface area contributed by atoms with E-state index >= 15 is 0 Å². The number of carbonyl (C=O) groups is 1. The molecule has 0 aromatic heterocycles. The lowest BCUT2D eigenvalue weighted by Gasteiger charge is -2.39. The van der Waals surface area contributed by atoms with Crippen molar-refractivity contribution in [1.29, 1.82) is 0 Å². The van der Waals surface area contributed by atoms with Crippen molar-refractivity contribution < 1.29 is 19.6 Å². The summed E-state index contributed by atoms with van der Waals surface area (Å²) in [7, 11) is -0.856. The van der Waals surface area contributed by atoms with Crippen LogP contribution in [0.4, 0.5) is 0 Å². The first kappa shape index (κ1) is 18.4. The summed E-state index contributed by atoms with van der Waals surface area (Å²) in [5.74, 6) is -0.988. The number of aliphatic hydroxyl groups is 1. The zero-order chi connectivity index (χ0) is 16.9. The van der Waals surface area contributed by atoms with Gasteiger partial charge in [-0.1, -0.05) is 42.0 Å². The fraction of sp³-hybridized carbons (Fsp3) is 0.588. The van der Waals surface area contributed by atoms with Gasteiger partial charge in [0.15, 0.2) is 0 Å². The highest BCUT2D eigenvalue weighted by Gasteiger charge is 2.63. The summed E-state index contributed by atoms with van der Waals surface area (Å²) in [6, 6.07) is 9.64. The molecule has 0 aliphatic heterocycles. The van der Waals surface area contributed by atoms with Crippen molar-refractivity contribution in [1.82, 2.24) is 0 Å². The van der Waals surface area contributed by atoms with Crippen LogP contribution in [-0.2, 0) is 9.36 Å². The Morgan fingerprint density at radius 3 is 2.39 bits per heavy atom. The average Bonchev–Trinajstić information content (AvgIpc) is 2.57. The Labute approximate surface area is 142 Å². The van der Waals surface area contributed by atoms with Crippen LogP contribution in [0.3, 0.4) is 0 Å². The second-order valence-corrected chi connectivity index (χ2v) is 8.53. The van der Waals surface area contributed by atoms with Crippen LogP contribution in [0, 0.1) is 5.92 Å². The molecule has 2 rings (SSSR count). The van der Waals surface area contributed by atoms with Gasteiger partial charge in [-0.05, 0) is 31.9 Å². The lowest BCUT2D eigenvalue weighted by Crippen LogP contribution is -2.59. The summed E-state index contributed by atoms with van der Waals surface area (Å²) in [6.07, 6.45) is 4.78. The van der Waals surface area contributed by atoms with Crippen molar-refractivity contribution in [2.75, 3.05) is 5.75 Å². The Morgan fingerprint density at radius 2 is 1.87 bits per heavy atom. The van der Waals surface area contributed by atoms with Crippen LogP contribution in [0.2, 0.25) is 0 Å². The van der Waals surface area contributed by atoms with Gasteiger partial charge in [-0.25, -0.2) is 4.79 Å². The van der Waals surface area contributed by atoms with Gasteiger partial charge < -0.3 is 10.2 Å². The highest BCUT2D eigenvalue weighted by molar-refractivity contribution is 7.99. The molecule has 0 radical (unpaired) electrons. The molecule has 1 saturated carbocycles. The minimum Gasteiger partial charge on any atom is -0.479 e. The third-order valence-electron chi connectivity index (χ3n) is 4.98. The summed E-state index contributed by atoms with van der Waals surface area (Å²) in [5, 5.41) is 19.1. The van der Waals surface area contributed by atoms with E-state index in [2.05, 4.69) is 0 Å². The molecule has 126 valence electrons. The number of hydrogen-bond donors (Lipinski definition) is 2. The van der Waals surface area contributed by atoms with Crippen LogP contribution in [0.15, 0.2) is 35.2 Å². The Hall–Kier alpha value is -0.900. The normalized spacial score (nSPS) is 21.5. The van der Waals surface area contributed by atoms with Gasteiger partial charge >= 0.3 is 14.4 Å². The number of carboxylic acids is 1. The summed E-state index contributed by atoms with van der Waals surface area (Å²) in [4.78, 5) is 12.7. The molecule has 1 aromatic carbocycles. The van der Waals surface area contributed by atoms with Crippen molar-refractivity contribution in [2.24, 2.45) is 5.92 Å². The van der Waals surface area contributed by atoms with E-state index in [-0.39, 0.29) is 5.92 Å². The van der Waals surface area contributed by atoms with Crippen LogP contribution in [-0.4, -0.2) is 32.7 Å². The number of benzene rings is 1. The van der Waals surface area contributed by atoms with E-state index in [9.17, 15) is 19.6 Å². The van der Waals surface area contributed by atoms with Gasteiger partial charge in [-0.15, -0.1) is 11.8 Å². The Morgan fingerprint density at radius 1 is 1.26 bits per heavy atom. The minimum atomic E-state index is -2.00. The SMILES string of the molecule is CC(O)(C(=O)O)C(CSc1ccccc1)([PH+]=O)C1CCCCC1. The molecule has 6 heteroatoms. The molecule has 0 heterocycles. The molecule has 1 aliphatic rings. The predicted octanol–water partition coefficient (Wildman–Crippen LogP) is 3.96. The fourth-order valence-corrected chi connectivity index (χ4v) is 5.84. The Bertz CT molecular complexity index is 543. The van der Waals surface area contributed by atoms with Crippen molar-refractivity contribution in [2.45, 2.75) is 54.7 Å². The van der Waals surface area contributed by atoms with Gasteiger partial charge in [-0.3, -0.25) is 0 Å². The van der Waals surface area contributed by atoms with Crippen LogP contribution < -0.4 is 0 Å². The molecule has 0 spiro atoms. The number of hydrogen-bond acceptors (Lipinski definition) is 4. The maximum absolute atomic E-state index is 12.2. The van der Waals surface area contributed by atoms with Gasteiger partial charge in [0, 0.05) is 10.8 Å². The Kier molecular flexibility index (Phi) is 6.24. The molecule has 1 aromatic rings. The smallest absolute Gasteiger partial charge is 0.340 e. The average molecular weight is 355 g/mol. The number of carboxylic acid groups (broad SMARTS) is 1. The number of aliphatic carboxylic acids is 1. The van der Waals surface area contributed by atoms with Crippen LogP contribution in [0.25, 0.3) is 0 Å². The van der Waals surface area contributed by atoms with Gasteiger partial charge in [0.2, 0.25) is 10.8 Å². The maximum atomic E-state index is 12.2. The molecule has 23 heavy (non-hydrogen) atoms. The van der Waals surface area contributed by atoms with Gasteiger partial charge in [0.05, 0.1) is 5.75 Å². The van der Waals surface area contributed by atoms with Crippen molar-refractivity contribution in [3.63, 3.8) is 0 Å². The molecule has 2 N–H and O–H groups in total. The Balaban J connectivity index is 2.32. The molecule has 3 unspecified atom stereocenters. The van der Waals surface area contributed by atoms with Gasteiger partial charge in [0.25, 0.3) is 0 Å². The van der Waals surface area contributed by atoms with E-state index in [0.717, 1.165) is 37.0 Å². The maximum Gasteiger partial charge on any atom is 0.340 e. The number of rotatable bonds is 7. The molecule has 1 fully saturated rings. The molecular weight excluding hydrogens is 331 g/mol. The molecule has 0 saturated heterocycles. The second-order valence-electron chi connectivity index (χ2n) is 6.39. The highest BCUT2D eigenvalue weighted by atomic mass is 32.2. The second kappa shape index (κ2) is 7.78. The van der Waals surface area contributed by atoms with Crippen molar-refractivity contribution >= 4 is 26.2 Å². The highest BCUT2D eigenvalue weighted by Crippen LogP contribution is 2.50. The zero-order valence-electron chi connectivity index (χ0n) is 13.3. The van der Waals surface area contributed by atoms with Gasteiger partial charge in [0.1, 0.15) is 0 Å². The number of thioether (sulfide) groups is 1. The first-order valence-corrected chi connectivity index (χ1v) is 9.86. The van der Waals surface area contributed by atoms with Crippen LogP contribution in [0.5, 0.6) is 0 Å². The molecule has 4 nitrogen and oxygen atoms in total. The molecular formula is C17H24O4PS+. The monoisotopic (exact) mass is 355 g/mol. The van der Waals surface area contributed by atoms with E-state index in [1.807, 2.05) is 30.3 Å².